The van der Waals surface area contributed by atoms with Crippen LogP contribution in [0.5, 0.6) is 0 Å². The van der Waals surface area contributed by atoms with Gasteiger partial charge in [-0.25, -0.2) is 0 Å². The molecule has 17 heavy (non-hydrogen) atoms. The summed E-state index contributed by atoms with van der Waals surface area (Å²) in [6.07, 6.45) is 1.13. The lowest BCUT2D eigenvalue weighted by Crippen LogP contribution is -2.49. The predicted molar refractivity (Wildman–Crippen MR) is 73.4 cm³/mol. The summed E-state index contributed by atoms with van der Waals surface area (Å²) in [5.41, 5.74) is -0.0273. The molecule has 1 fully saturated rings. The molecule has 1 heterocycles. The van der Waals surface area contributed by atoms with Crippen molar-refractivity contribution in [3.8, 4) is 0 Å². The fourth-order valence-electron chi connectivity index (χ4n) is 3.22. The Labute approximate surface area is 107 Å². The molecule has 102 valence electrons. The minimum atomic E-state index is -0.0354. The van der Waals surface area contributed by atoms with Gasteiger partial charge < -0.3 is 15.0 Å². The molecule has 0 aromatic rings. The van der Waals surface area contributed by atoms with E-state index in [1.165, 1.54) is 0 Å². The molecular weight excluding hydrogens is 212 g/mol. The van der Waals surface area contributed by atoms with Crippen LogP contribution in [0.3, 0.4) is 0 Å². The maximum atomic E-state index is 6.20. The van der Waals surface area contributed by atoms with E-state index >= 15 is 0 Å². The van der Waals surface area contributed by atoms with Crippen LogP contribution in [0.25, 0.3) is 0 Å². The summed E-state index contributed by atoms with van der Waals surface area (Å²) in [6, 6.07) is 0.506. The van der Waals surface area contributed by atoms with Crippen molar-refractivity contribution in [3.63, 3.8) is 0 Å². The van der Waals surface area contributed by atoms with Gasteiger partial charge in [-0.1, -0.05) is 6.92 Å². The normalized spacial score (nSPS) is 28.6. The van der Waals surface area contributed by atoms with Crippen molar-refractivity contribution in [1.29, 1.82) is 0 Å². The third-order valence-electron chi connectivity index (χ3n) is 3.66. The Morgan fingerprint density at radius 1 is 1.29 bits per heavy atom. The van der Waals surface area contributed by atoms with Crippen LogP contribution in [0.4, 0.5) is 0 Å². The standard InChI is InChI=1S/C14H30N2O/c1-8-15-12(10-16(6)7)11-9-13(2,3)17-14(11,4)5/h11-12,15H,8-10H2,1-7H3. The smallest absolute Gasteiger partial charge is 0.0678 e. The molecule has 1 aliphatic heterocycles. The van der Waals surface area contributed by atoms with Crippen molar-refractivity contribution in [1.82, 2.24) is 10.2 Å². The number of rotatable bonds is 5. The summed E-state index contributed by atoms with van der Waals surface area (Å²) in [7, 11) is 4.27. The zero-order valence-electron chi connectivity index (χ0n) is 12.6. The van der Waals surface area contributed by atoms with Crippen LogP contribution in [0, 0.1) is 5.92 Å². The first-order chi connectivity index (χ1) is 7.68. The van der Waals surface area contributed by atoms with E-state index in [2.05, 4.69) is 58.9 Å². The maximum absolute atomic E-state index is 6.20. The van der Waals surface area contributed by atoms with Crippen LogP contribution in [0.1, 0.15) is 41.0 Å². The minimum absolute atomic E-state index is 0.00809. The van der Waals surface area contributed by atoms with Crippen molar-refractivity contribution in [2.45, 2.75) is 58.3 Å². The van der Waals surface area contributed by atoms with Gasteiger partial charge in [0.1, 0.15) is 0 Å². The first kappa shape index (κ1) is 14.9. The van der Waals surface area contributed by atoms with Gasteiger partial charge >= 0.3 is 0 Å². The molecular formula is C14H30N2O. The van der Waals surface area contributed by atoms with E-state index in [4.69, 9.17) is 4.74 Å². The molecule has 2 atom stereocenters. The molecule has 1 aliphatic rings. The van der Waals surface area contributed by atoms with Crippen LogP contribution >= 0.6 is 0 Å². The Kier molecular flexibility index (Phi) is 4.61. The highest BCUT2D eigenvalue weighted by Gasteiger charge is 2.48. The molecule has 0 amide bonds. The van der Waals surface area contributed by atoms with E-state index in [0.29, 0.717) is 12.0 Å². The molecule has 0 aliphatic carbocycles. The van der Waals surface area contributed by atoms with Gasteiger partial charge in [-0.05, 0) is 54.8 Å². The first-order valence-corrected chi connectivity index (χ1v) is 6.76. The van der Waals surface area contributed by atoms with Gasteiger partial charge in [0, 0.05) is 18.5 Å². The number of ether oxygens (including phenoxy) is 1. The molecule has 3 nitrogen and oxygen atoms in total. The lowest BCUT2D eigenvalue weighted by molar-refractivity contribution is -0.0781. The summed E-state index contributed by atoms with van der Waals surface area (Å²) in [6.45, 7) is 13.1. The largest absolute Gasteiger partial charge is 0.369 e. The summed E-state index contributed by atoms with van der Waals surface area (Å²) in [4.78, 5) is 2.26. The van der Waals surface area contributed by atoms with Gasteiger partial charge in [0.15, 0.2) is 0 Å². The summed E-state index contributed by atoms with van der Waals surface area (Å²) in [5, 5.41) is 3.63. The van der Waals surface area contributed by atoms with Crippen molar-refractivity contribution in [2.75, 3.05) is 27.2 Å². The molecule has 0 radical (unpaired) electrons. The van der Waals surface area contributed by atoms with Crippen LogP contribution < -0.4 is 5.32 Å². The van der Waals surface area contributed by atoms with Crippen LogP contribution in [-0.4, -0.2) is 49.3 Å². The predicted octanol–water partition coefficient (Wildman–Crippen LogP) is 2.12. The molecule has 0 bridgehead atoms. The quantitative estimate of drug-likeness (QED) is 0.799. The van der Waals surface area contributed by atoms with Crippen molar-refractivity contribution >= 4 is 0 Å². The highest BCUT2D eigenvalue weighted by molar-refractivity contribution is 5.00. The van der Waals surface area contributed by atoms with Crippen molar-refractivity contribution in [2.24, 2.45) is 5.92 Å². The molecule has 0 aromatic heterocycles. The molecule has 0 aromatic carbocycles. The number of likely N-dealkylation sites (N-methyl/N-ethyl adjacent to an activating group) is 2. The summed E-state index contributed by atoms with van der Waals surface area (Å²) >= 11 is 0. The Morgan fingerprint density at radius 2 is 1.88 bits per heavy atom. The molecule has 1 N–H and O–H groups in total. The van der Waals surface area contributed by atoms with Gasteiger partial charge in [0.2, 0.25) is 0 Å². The second kappa shape index (κ2) is 5.25. The van der Waals surface area contributed by atoms with E-state index in [-0.39, 0.29) is 11.2 Å². The van der Waals surface area contributed by atoms with Crippen LogP contribution in [0.15, 0.2) is 0 Å². The van der Waals surface area contributed by atoms with Gasteiger partial charge in [-0.15, -0.1) is 0 Å². The monoisotopic (exact) mass is 242 g/mol. The van der Waals surface area contributed by atoms with E-state index in [1.54, 1.807) is 0 Å². The van der Waals surface area contributed by atoms with Gasteiger partial charge in [-0.3, -0.25) is 0 Å². The average molecular weight is 242 g/mol. The summed E-state index contributed by atoms with van der Waals surface area (Å²) < 4.78 is 6.20. The van der Waals surface area contributed by atoms with E-state index in [9.17, 15) is 0 Å². The zero-order valence-corrected chi connectivity index (χ0v) is 12.6. The SMILES string of the molecule is CCNC(CN(C)C)C1CC(C)(C)OC1(C)C. The van der Waals surface area contributed by atoms with E-state index in [1.807, 2.05) is 0 Å². The lowest BCUT2D eigenvalue weighted by atomic mass is 9.81. The zero-order chi connectivity index (χ0) is 13.3. The Morgan fingerprint density at radius 3 is 2.24 bits per heavy atom. The Bertz CT molecular complexity index is 249. The third-order valence-corrected chi connectivity index (χ3v) is 3.66. The fraction of sp³-hybridized carbons (Fsp3) is 1.00. The lowest BCUT2D eigenvalue weighted by Gasteiger charge is -2.34. The number of nitrogens with one attached hydrogen (secondary N) is 1. The highest BCUT2D eigenvalue weighted by atomic mass is 16.5. The van der Waals surface area contributed by atoms with E-state index in [0.717, 1.165) is 19.5 Å². The number of hydrogen-bond donors (Lipinski definition) is 1. The topological polar surface area (TPSA) is 24.5 Å². The first-order valence-electron chi connectivity index (χ1n) is 6.76. The second-order valence-corrected chi connectivity index (χ2v) is 6.70. The van der Waals surface area contributed by atoms with Crippen molar-refractivity contribution in [3.05, 3.63) is 0 Å². The molecule has 3 heteroatoms. The molecule has 0 spiro atoms. The van der Waals surface area contributed by atoms with Crippen molar-refractivity contribution < 1.29 is 4.74 Å². The number of hydrogen-bond acceptors (Lipinski definition) is 3. The molecule has 1 saturated heterocycles. The average Bonchev–Trinajstić information content (AvgIpc) is 2.32. The van der Waals surface area contributed by atoms with Gasteiger partial charge in [0.05, 0.1) is 11.2 Å². The second-order valence-electron chi connectivity index (χ2n) is 6.70. The molecule has 2 unspecified atom stereocenters. The third kappa shape index (κ3) is 3.94. The summed E-state index contributed by atoms with van der Waals surface area (Å²) in [5.74, 6) is 0.569. The van der Waals surface area contributed by atoms with E-state index < -0.39 is 0 Å². The molecule has 1 rings (SSSR count). The highest BCUT2D eigenvalue weighted by Crippen LogP contribution is 2.43. The van der Waals surface area contributed by atoms with Gasteiger partial charge in [0.25, 0.3) is 0 Å². The maximum Gasteiger partial charge on any atom is 0.0678 e. The fourth-order valence-corrected chi connectivity index (χ4v) is 3.22. The van der Waals surface area contributed by atoms with Crippen LogP contribution in [-0.2, 0) is 4.74 Å². The minimum Gasteiger partial charge on any atom is -0.369 e. The van der Waals surface area contributed by atoms with Crippen LogP contribution in [0.2, 0.25) is 0 Å². The van der Waals surface area contributed by atoms with Gasteiger partial charge in [-0.2, -0.15) is 0 Å². The Balaban J connectivity index is 2.79. The Hall–Kier alpha value is -0.120. The number of nitrogens with zero attached hydrogens (tertiary/aromatic N) is 1. The molecule has 0 saturated carbocycles.